The van der Waals surface area contributed by atoms with Crippen molar-refractivity contribution in [2.45, 2.75) is 6.42 Å². The third kappa shape index (κ3) is 2.83. The monoisotopic (exact) mass is 344 g/mol. The molecule has 0 N–H and O–H groups in total. The van der Waals surface area contributed by atoms with Crippen LogP contribution in [0.2, 0.25) is 5.02 Å². The van der Waals surface area contributed by atoms with Crippen molar-refractivity contribution in [1.29, 1.82) is 0 Å². The van der Waals surface area contributed by atoms with Gasteiger partial charge in [0.05, 0.1) is 0 Å². The van der Waals surface area contributed by atoms with Crippen molar-refractivity contribution in [1.82, 2.24) is 19.8 Å². The van der Waals surface area contributed by atoms with Crippen LogP contribution >= 0.6 is 22.9 Å². The van der Waals surface area contributed by atoms with Crippen molar-refractivity contribution in [3.05, 3.63) is 70.8 Å². The van der Waals surface area contributed by atoms with E-state index in [2.05, 4.69) is 15.3 Å². The predicted octanol–water partition coefficient (Wildman–Crippen LogP) is 4.24. The van der Waals surface area contributed by atoms with E-state index in [0.29, 0.717) is 16.4 Å². The number of rotatable bonds is 3. The number of nitrogens with zero attached hydrogens (tertiary/aromatic N) is 4. The molecule has 0 saturated heterocycles. The molecular weight excluding hydrogens is 335 g/mol. The molecule has 0 radical (unpaired) electrons. The summed E-state index contributed by atoms with van der Waals surface area (Å²) < 4.78 is 14.8. The van der Waals surface area contributed by atoms with Gasteiger partial charge < -0.3 is 0 Å². The van der Waals surface area contributed by atoms with E-state index >= 15 is 0 Å². The van der Waals surface area contributed by atoms with Gasteiger partial charge in [0, 0.05) is 17.0 Å². The smallest absolute Gasteiger partial charge is 0.207 e. The normalized spacial score (nSPS) is 11.2. The molecule has 0 unspecified atom stereocenters. The van der Waals surface area contributed by atoms with Gasteiger partial charge in [-0.05, 0) is 42.0 Å². The Morgan fingerprint density at radius 2 is 1.74 bits per heavy atom. The Labute approximate surface area is 140 Å². The zero-order valence-electron chi connectivity index (χ0n) is 11.8. The fraction of sp³-hybridized carbons (Fsp3) is 0.0625. The van der Waals surface area contributed by atoms with E-state index < -0.39 is 0 Å². The molecule has 0 amide bonds. The molecule has 2 aromatic heterocycles. The molecule has 4 aromatic rings. The molecule has 0 bridgehead atoms. The van der Waals surface area contributed by atoms with Gasteiger partial charge in [-0.15, -0.1) is 10.2 Å². The first-order chi connectivity index (χ1) is 11.2. The SMILES string of the molecule is Fc1ccc(-c2nn3c(Cc4ccc(Cl)cc4)nnc3s2)cc1. The van der Waals surface area contributed by atoms with Gasteiger partial charge >= 0.3 is 0 Å². The van der Waals surface area contributed by atoms with E-state index in [1.54, 1.807) is 16.6 Å². The van der Waals surface area contributed by atoms with Gasteiger partial charge in [-0.2, -0.15) is 9.61 Å². The van der Waals surface area contributed by atoms with E-state index in [1.807, 2.05) is 24.3 Å². The van der Waals surface area contributed by atoms with Crippen LogP contribution < -0.4 is 0 Å². The standard InChI is InChI=1S/C16H10ClFN4S/c17-12-5-1-10(2-6-12)9-14-19-20-16-22(14)21-15(23-16)11-3-7-13(18)8-4-11/h1-8H,9H2. The third-order valence-electron chi connectivity index (χ3n) is 3.42. The number of aromatic nitrogens is 4. The van der Waals surface area contributed by atoms with Crippen LogP contribution in [0, 0.1) is 5.82 Å². The maximum atomic E-state index is 13.0. The Morgan fingerprint density at radius 1 is 1.00 bits per heavy atom. The Hall–Kier alpha value is -2.31. The molecular formula is C16H10ClFN4S. The number of fused-ring (bicyclic) bond motifs is 1. The maximum absolute atomic E-state index is 13.0. The highest BCUT2D eigenvalue weighted by atomic mass is 35.5. The summed E-state index contributed by atoms with van der Waals surface area (Å²) in [4.78, 5) is 0.716. The minimum Gasteiger partial charge on any atom is -0.207 e. The number of benzene rings is 2. The summed E-state index contributed by atoms with van der Waals surface area (Å²) in [6.45, 7) is 0. The number of hydrogen-bond donors (Lipinski definition) is 0. The fourth-order valence-corrected chi connectivity index (χ4v) is 3.25. The van der Waals surface area contributed by atoms with Crippen LogP contribution in [-0.2, 0) is 6.42 Å². The molecule has 0 aliphatic heterocycles. The second-order valence-corrected chi connectivity index (χ2v) is 6.42. The van der Waals surface area contributed by atoms with Crippen LogP contribution in [0.25, 0.3) is 15.5 Å². The van der Waals surface area contributed by atoms with Crippen molar-refractivity contribution in [2.75, 3.05) is 0 Å². The van der Waals surface area contributed by atoms with Crippen LogP contribution in [0.1, 0.15) is 11.4 Å². The highest BCUT2D eigenvalue weighted by Gasteiger charge is 2.13. The summed E-state index contributed by atoms with van der Waals surface area (Å²) in [5.74, 6) is 0.493. The lowest BCUT2D eigenvalue weighted by atomic mass is 10.1. The highest BCUT2D eigenvalue weighted by molar-refractivity contribution is 7.19. The van der Waals surface area contributed by atoms with Crippen LogP contribution in [-0.4, -0.2) is 19.8 Å². The first kappa shape index (κ1) is 14.3. The first-order valence-electron chi connectivity index (χ1n) is 6.90. The second-order valence-electron chi connectivity index (χ2n) is 5.03. The summed E-state index contributed by atoms with van der Waals surface area (Å²) >= 11 is 7.33. The molecule has 0 aliphatic carbocycles. The fourth-order valence-electron chi connectivity index (χ4n) is 2.26. The van der Waals surface area contributed by atoms with Crippen molar-refractivity contribution in [3.63, 3.8) is 0 Å². The quantitative estimate of drug-likeness (QED) is 0.558. The van der Waals surface area contributed by atoms with Gasteiger partial charge in [-0.3, -0.25) is 0 Å². The van der Waals surface area contributed by atoms with Gasteiger partial charge in [-0.25, -0.2) is 4.39 Å². The molecule has 4 rings (SSSR count). The van der Waals surface area contributed by atoms with Crippen LogP contribution in [0.5, 0.6) is 0 Å². The lowest BCUT2D eigenvalue weighted by Crippen LogP contribution is -1.97. The van der Waals surface area contributed by atoms with E-state index in [9.17, 15) is 4.39 Å². The minimum atomic E-state index is -0.264. The zero-order chi connectivity index (χ0) is 15.8. The summed E-state index contributed by atoms with van der Waals surface area (Å²) in [6.07, 6.45) is 0.616. The topological polar surface area (TPSA) is 43.1 Å². The van der Waals surface area contributed by atoms with Gasteiger partial charge in [0.15, 0.2) is 5.82 Å². The molecule has 0 fully saturated rings. The number of hydrogen-bond acceptors (Lipinski definition) is 4. The molecule has 4 nitrogen and oxygen atoms in total. The lowest BCUT2D eigenvalue weighted by Gasteiger charge is -1.99. The summed E-state index contributed by atoms with van der Waals surface area (Å²) in [6, 6.07) is 13.9. The van der Waals surface area contributed by atoms with Crippen molar-refractivity contribution in [3.8, 4) is 10.6 Å². The Bertz CT molecular complexity index is 960. The molecule has 0 saturated carbocycles. The molecule has 2 aromatic carbocycles. The van der Waals surface area contributed by atoms with Gasteiger partial charge in [0.1, 0.15) is 10.8 Å². The second kappa shape index (κ2) is 5.72. The van der Waals surface area contributed by atoms with Crippen molar-refractivity contribution >= 4 is 27.9 Å². The number of halogens is 2. The summed E-state index contributed by atoms with van der Waals surface area (Å²) in [5.41, 5.74) is 1.94. The third-order valence-corrected chi connectivity index (χ3v) is 4.62. The average molecular weight is 345 g/mol. The average Bonchev–Trinajstić information content (AvgIpc) is 3.12. The lowest BCUT2D eigenvalue weighted by molar-refractivity contribution is 0.628. The van der Waals surface area contributed by atoms with Gasteiger partial charge in [0.25, 0.3) is 0 Å². The van der Waals surface area contributed by atoms with Crippen LogP contribution in [0.15, 0.2) is 48.5 Å². The van der Waals surface area contributed by atoms with E-state index in [1.165, 1.54) is 23.5 Å². The molecule has 23 heavy (non-hydrogen) atoms. The molecule has 7 heteroatoms. The van der Waals surface area contributed by atoms with Crippen LogP contribution in [0.4, 0.5) is 4.39 Å². The van der Waals surface area contributed by atoms with Crippen molar-refractivity contribution < 1.29 is 4.39 Å². The maximum Gasteiger partial charge on any atom is 0.234 e. The van der Waals surface area contributed by atoms with Crippen molar-refractivity contribution in [2.24, 2.45) is 0 Å². The Morgan fingerprint density at radius 3 is 2.48 bits per heavy atom. The largest absolute Gasteiger partial charge is 0.234 e. The molecule has 114 valence electrons. The molecule has 0 atom stereocenters. The Balaban J connectivity index is 1.69. The van der Waals surface area contributed by atoms with E-state index in [-0.39, 0.29) is 5.82 Å². The highest BCUT2D eigenvalue weighted by Crippen LogP contribution is 2.26. The molecule has 0 aliphatic rings. The Kier molecular flexibility index (Phi) is 3.55. The molecule has 0 spiro atoms. The van der Waals surface area contributed by atoms with Gasteiger partial charge in [-0.1, -0.05) is 35.1 Å². The predicted molar refractivity (Wildman–Crippen MR) is 88.3 cm³/mol. The molecule has 2 heterocycles. The van der Waals surface area contributed by atoms with Crippen LogP contribution in [0.3, 0.4) is 0 Å². The summed E-state index contributed by atoms with van der Waals surface area (Å²) in [5, 5.41) is 14.4. The van der Waals surface area contributed by atoms with E-state index in [0.717, 1.165) is 22.0 Å². The zero-order valence-corrected chi connectivity index (χ0v) is 13.4. The van der Waals surface area contributed by atoms with Gasteiger partial charge in [0.2, 0.25) is 4.96 Å². The first-order valence-corrected chi connectivity index (χ1v) is 8.10. The summed E-state index contributed by atoms with van der Waals surface area (Å²) in [7, 11) is 0. The van der Waals surface area contributed by atoms with E-state index in [4.69, 9.17) is 11.6 Å². The minimum absolute atomic E-state index is 0.264.